The number of carbonyl (C=O) groups is 2. The molecule has 0 bridgehead atoms. The summed E-state index contributed by atoms with van der Waals surface area (Å²) in [7, 11) is 5.19. The van der Waals surface area contributed by atoms with Gasteiger partial charge in [0.15, 0.2) is 0 Å². The van der Waals surface area contributed by atoms with Gasteiger partial charge in [-0.3, -0.25) is 9.69 Å². The molecule has 1 heterocycles. The summed E-state index contributed by atoms with van der Waals surface area (Å²) in [5.74, 6) is -1.80. The minimum atomic E-state index is -1.03. The fraction of sp³-hybridized carbons (Fsp3) is 0.417. The molecule has 0 spiro atoms. The zero-order valence-corrected chi connectivity index (χ0v) is 19.2. The quantitative estimate of drug-likeness (QED) is 0.464. The number of methoxy groups -OCH3 is 1. The number of amides is 1. The van der Waals surface area contributed by atoms with E-state index < -0.39 is 36.0 Å². The smallest absolute Gasteiger partial charge is 0.335 e. The molecule has 0 aromatic heterocycles. The Morgan fingerprint density at radius 1 is 1.27 bits per heavy atom. The topological polar surface area (TPSA) is 137 Å². The van der Waals surface area contributed by atoms with E-state index in [0.717, 1.165) is 11.3 Å². The zero-order valence-electron chi connectivity index (χ0n) is 19.2. The van der Waals surface area contributed by atoms with E-state index in [4.69, 9.17) is 10.5 Å². The molecule has 0 aliphatic carbocycles. The van der Waals surface area contributed by atoms with Gasteiger partial charge in [0.25, 0.3) is 0 Å². The molecule has 4 unspecified atom stereocenters. The molecule has 1 aliphatic heterocycles. The molecule has 1 fully saturated rings. The summed E-state index contributed by atoms with van der Waals surface area (Å²) in [5, 5.41) is 30.1. The van der Waals surface area contributed by atoms with Crippen LogP contribution in [0.2, 0.25) is 0 Å². The monoisotopic (exact) mass is 457 g/mol. The van der Waals surface area contributed by atoms with Crippen LogP contribution in [0.3, 0.4) is 0 Å². The van der Waals surface area contributed by atoms with Gasteiger partial charge < -0.3 is 30.7 Å². The molecule has 178 valence electrons. The molecule has 1 saturated heterocycles. The van der Waals surface area contributed by atoms with Crippen molar-refractivity contribution >= 4 is 17.6 Å². The van der Waals surface area contributed by atoms with Gasteiger partial charge in [0, 0.05) is 49.9 Å². The summed E-state index contributed by atoms with van der Waals surface area (Å²) in [6.45, 7) is 1.96. The van der Waals surface area contributed by atoms with Crippen molar-refractivity contribution in [2.75, 3.05) is 32.6 Å². The van der Waals surface area contributed by atoms with E-state index in [1.165, 1.54) is 14.0 Å². The Labute approximate surface area is 193 Å². The second-order valence-corrected chi connectivity index (χ2v) is 8.63. The highest BCUT2D eigenvalue weighted by molar-refractivity contribution is 5.92. The Kier molecular flexibility index (Phi) is 7.26. The number of β-amino-alcohol motifs (C(OH)–C–C–N with tert-alkyl or cyclic N) is 1. The lowest BCUT2D eigenvalue weighted by Gasteiger charge is -2.27. The molecular formula is C24H31N3O6. The van der Waals surface area contributed by atoms with Crippen LogP contribution in [-0.2, 0) is 11.3 Å². The number of aromatic carboxylic acids is 1. The Balaban J connectivity index is 2.05. The first-order valence-electron chi connectivity index (χ1n) is 10.7. The third-order valence-electron chi connectivity index (χ3n) is 6.14. The molecule has 0 radical (unpaired) electrons. The van der Waals surface area contributed by atoms with E-state index in [1.54, 1.807) is 17.0 Å². The van der Waals surface area contributed by atoms with Crippen molar-refractivity contribution in [1.82, 2.24) is 4.90 Å². The maximum absolute atomic E-state index is 12.2. The van der Waals surface area contributed by atoms with Crippen LogP contribution >= 0.6 is 0 Å². The van der Waals surface area contributed by atoms with Gasteiger partial charge in [-0.1, -0.05) is 18.2 Å². The number of anilines is 1. The largest absolute Gasteiger partial charge is 0.496 e. The number of benzene rings is 2. The van der Waals surface area contributed by atoms with Gasteiger partial charge in [-0.2, -0.15) is 0 Å². The number of aliphatic hydroxyl groups excluding tert-OH is 2. The maximum Gasteiger partial charge on any atom is 0.335 e. The Morgan fingerprint density at radius 2 is 1.97 bits per heavy atom. The summed E-state index contributed by atoms with van der Waals surface area (Å²) < 4.78 is 5.72. The molecule has 3 rings (SSSR count). The fourth-order valence-electron chi connectivity index (χ4n) is 4.59. The number of likely N-dealkylation sites (tertiary alicyclic amines) is 1. The van der Waals surface area contributed by atoms with Crippen molar-refractivity contribution in [3.63, 3.8) is 0 Å². The molecule has 1 amide bonds. The lowest BCUT2D eigenvalue weighted by Crippen LogP contribution is -2.46. The van der Waals surface area contributed by atoms with E-state index in [-0.39, 0.29) is 18.7 Å². The van der Waals surface area contributed by atoms with Gasteiger partial charge in [-0.15, -0.1) is 0 Å². The van der Waals surface area contributed by atoms with Crippen LogP contribution in [0.4, 0.5) is 5.69 Å². The van der Waals surface area contributed by atoms with Crippen LogP contribution in [0.5, 0.6) is 5.75 Å². The highest BCUT2D eigenvalue weighted by Crippen LogP contribution is 2.38. The number of nitrogens with two attached hydrogens (primary N) is 1. The van der Waals surface area contributed by atoms with E-state index in [1.807, 2.05) is 43.3 Å². The van der Waals surface area contributed by atoms with Gasteiger partial charge in [-0.05, 0) is 30.7 Å². The first kappa shape index (κ1) is 24.5. The number of hydrogen-bond donors (Lipinski definition) is 4. The summed E-state index contributed by atoms with van der Waals surface area (Å²) in [4.78, 5) is 27.4. The first-order chi connectivity index (χ1) is 15.5. The van der Waals surface area contributed by atoms with E-state index in [0.29, 0.717) is 16.9 Å². The molecule has 1 aliphatic rings. The predicted molar refractivity (Wildman–Crippen MR) is 124 cm³/mol. The van der Waals surface area contributed by atoms with Crippen LogP contribution in [0.25, 0.3) is 11.1 Å². The Bertz CT molecular complexity index is 1040. The van der Waals surface area contributed by atoms with Gasteiger partial charge in [0.2, 0.25) is 5.91 Å². The lowest BCUT2D eigenvalue weighted by molar-refractivity contribution is -0.125. The molecular weight excluding hydrogens is 426 g/mol. The number of nitrogens with zero attached hydrogens (tertiary/aromatic N) is 2. The number of carboxylic acid groups (broad SMARTS) is 1. The minimum Gasteiger partial charge on any atom is -0.496 e. The normalized spacial score (nSPS) is 21.6. The number of carbonyl (C=O) groups excluding carboxylic acids is 1. The standard InChI is InChI=1S/C24H31N3O6/c1-13(28)20-19(29)12-27(21(20)23(25)30)11-14-6-5-7-18(22(14)33-4)15-8-16(24(31)32)10-17(9-15)26(2)3/h5-10,13,19-21,28-29H,11-12H2,1-4H3,(H2,25,30)(H,31,32). The minimum absolute atomic E-state index is 0.153. The number of primary amides is 1. The molecule has 2 aromatic carbocycles. The van der Waals surface area contributed by atoms with Crippen LogP contribution in [0, 0.1) is 5.92 Å². The predicted octanol–water partition coefficient (Wildman–Crippen LogP) is 1.15. The van der Waals surface area contributed by atoms with E-state index >= 15 is 0 Å². The number of hydrogen-bond acceptors (Lipinski definition) is 7. The highest BCUT2D eigenvalue weighted by atomic mass is 16.5. The van der Waals surface area contributed by atoms with Crippen LogP contribution < -0.4 is 15.4 Å². The third-order valence-corrected chi connectivity index (χ3v) is 6.14. The van der Waals surface area contributed by atoms with Crippen molar-refractivity contribution in [2.45, 2.75) is 31.7 Å². The first-order valence-corrected chi connectivity index (χ1v) is 10.7. The summed E-state index contributed by atoms with van der Waals surface area (Å²) in [6, 6.07) is 9.75. The summed E-state index contributed by atoms with van der Waals surface area (Å²) >= 11 is 0. The van der Waals surface area contributed by atoms with Crippen molar-refractivity contribution < 1.29 is 29.6 Å². The van der Waals surface area contributed by atoms with Crippen molar-refractivity contribution in [3.05, 3.63) is 47.5 Å². The molecule has 9 heteroatoms. The molecule has 33 heavy (non-hydrogen) atoms. The molecule has 0 saturated carbocycles. The van der Waals surface area contributed by atoms with Gasteiger partial charge in [0.05, 0.1) is 30.9 Å². The highest BCUT2D eigenvalue weighted by Gasteiger charge is 2.46. The van der Waals surface area contributed by atoms with Crippen LogP contribution in [0.15, 0.2) is 36.4 Å². The molecule has 9 nitrogen and oxygen atoms in total. The van der Waals surface area contributed by atoms with Crippen LogP contribution in [-0.4, -0.2) is 78.1 Å². The Morgan fingerprint density at radius 3 is 2.52 bits per heavy atom. The number of rotatable bonds is 8. The summed E-state index contributed by atoms with van der Waals surface area (Å²) in [5.41, 5.74) is 8.62. The second-order valence-electron chi connectivity index (χ2n) is 8.63. The molecule has 2 aromatic rings. The van der Waals surface area contributed by atoms with Crippen molar-refractivity contribution in [3.8, 4) is 16.9 Å². The second kappa shape index (κ2) is 9.78. The van der Waals surface area contributed by atoms with Crippen molar-refractivity contribution in [2.24, 2.45) is 11.7 Å². The average molecular weight is 458 g/mol. The number of para-hydroxylation sites is 1. The van der Waals surface area contributed by atoms with Gasteiger partial charge in [0.1, 0.15) is 5.75 Å². The summed E-state index contributed by atoms with van der Waals surface area (Å²) in [6.07, 6.45) is -1.80. The van der Waals surface area contributed by atoms with E-state index in [9.17, 15) is 24.9 Å². The number of aliphatic hydroxyl groups is 2. The Hall–Kier alpha value is -3.14. The fourth-order valence-corrected chi connectivity index (χ4v) is 4.59. The lowest BCUT2D eigenvalue weighted by atomic mass is 9.92. The molecule has 5 N–H and O–H groups in total. The van der Waals surface area contributed by atoms with Crippen molar-refractivity contribution in [1.29, 1.82) is 0 Å². The maximum atomic E-state index is 12.2. The SMILES string of the molecule is COc1c(CN2CC(O)C(C(C)O)C2C(N)=O)cccc1-c1cc(C(=O)O)cc(N(C)C)c1. The van der Waals surface area contributed by atoms with E-state index in [2.05, 4.69) is 0 Å². The van der Waals surface area contributed by atoms with Gasteiger partial charge in [-0.25, -0.2) is 4.79 Å². The number of carboxylic acids is 1. The van der Waals surface area contributed by atoms with Crippen LogP contribution in [0.1, 0.15) is 22.8 Å². The average Bonchev–Trinajstić information content (AvgIpc) is 3.09. The third kappa shape index (κ3) is 4.95. The zero-order chi connectivity index (χ0) is 24.4. The molecule has 4 atom stereocenters. The van der Waals surface area contributed by atoms with Gasteiger partial charge >= 0.3 is 5.97 Å². The number of ether oxygens (including phenoxy) is 1.